The Morgan fingerprint density at radius 2 is 1.59 bits per heavy atom. The molecule has 0 radical (unpaired) electrons. The number of nitrogens with one attached hydrogen (secondary N) is 1. The van der Waals surface area contributed by atoms with Gasteiger partial charge in [-0.1, -0.05) is 48.5 Å². The second-order valence-corrected chi connectivity index (χ2v) is 8.03. The van der Waals surface area contributed by atoms with Crippen LogP contribution in [0.1, 0.15) is 39.5 Å². The molecule has 4 rings (SSSR count). The van der Waals surface area contributed by atoms with E-state index in [0.717, 1.165) is 16.7 Å². The maximum atomic E-state index is 13.3. The standard InChI is InChI=1S/C27H28N2O5/c1-32-23-13-20(14-24(33-2)26(23)34-3)22(15-25(30)28-16-18-9-5-4-6-10-18)29-17-19-11-7-8-12-21(19)27(29)31/h4-14,22H,15-17H2,1-3H3,(H,28,30)/t22-/m0/s1. The summed E-state index contributed by atoms with van der Waals surface area (Å²) in [6.45, 7) is 0.831. The van der Waals surface area contributed by atoms with E-state index in [2.05, 4.69) is 5.32 Å². The molecule has 1 aliphatic heterocycles. The van der Waals surface area contributed by atoms with Gasteiger partial charge in [0.2, 0.25) is 11.7 Å². The average molecular weight is 461 g/mol. The number of benzene rings is 3. The number of ether oxygens (including phenoxy) is 3. The minimum absolute atomic E-state index is 0.0885. The molecule has 1 atom stereocenters. The summed E-state index contributed by atoms with van der Waals surface area (Å²) in [6.07, 6.45) is 0.0885. The van der Waals surface area contributed by atoms with E-state index < -0.39 is 6.04 Å². The number of hydrogen-bond acceptors (Lipinski definition) is 5. The quantitative estimate of drug-likeness (QED) is 0.520. The van der Waals surface area contributed by atoms with E-state index >= 15 is 0 Å². The molecule has 0 saturated carbocycles. The van der Waals surface area contributed by atoms with Crippen molar-refractivity contribution in [3.05, 3.63) is 89.0 Å². The van der Waals surface area contributed by atoms with Crippen LogP contribution in [0.5, 0.6) is 17.2 Å². The topological polar surface area (TPSA) is 77.1 Å². The predicted molar refractivity (Wildman–Crippen MR) is 128 cm³/mol. The van der Waals surface area contributed by atoms with Gasteiger partial charge >= 0.3 is 0 Å². The molecule has 34 heavy (non-hydrogen) atoms. The van der Waals surface area contributed by atoms with Gasteiger partial charge in [0.05, 0.1) is 33.8 Å². The van der Waals surface area contributed by atoms with Crippen LogP contribution in [0.15, 0.2) is 66.7 Å². The third kappa shape index (κ3) is 4.69. The lowest BCUT2D eigenvalue weighted by Gasteiger charge is -2.29. The lowest BCUT2D eigenvalue weighted by Crippen LogP contribution is -2.34. The molecule has 7 nitrogen and oxygen atoms in total. The van der Waals surface area contributed by atoms with Gasteiger partial charge in [-0.2, -0.15) is 0 Å². The van der Waals surface area contributed by atoms with Gasteiger partial charge in [-0.3, -0.25) is 9.59 Å². The lowest BCUT2D eigenvalue weighted by atomic mass is 10.00. The summed E-state index contributed by atoms with van der Waals surface area (Å²) in [5.41, 5.74) is 3.33. The maximum absolute atomic E-state index is 13.3. The van der Waals surface area contributed by atoms with Gasteiger partial charge in [-0.15, -0.1) is 0 Å². The van der Waals surface area contributed by atoms with Crippen LogP contribution < -0.4 is 19.5 Å². The highest BCUT2D eigenvalue weighted by molar-refractivity contribution is 5.99. The molecule has 0 aliphatic carbocycles. The summed E-state index contributed by atoms with van der Waals surface area (Å²) in [6, 6.07) is 20.3. The summed E-state index contributed by atoms with van der Waals surface area (Å²) < 4.78 is 16.5. The minimum atomic E-state index is -0.524. The number of carbonyl (C=O) groups excluding carboxylic acids is 2. The minimum Gasteiger partial charge on any atom is -0.493 e. The Morgan fingerprint density at radius 3 is 2.21 bits per heavy atom. The zero-order valence-corrected chi connectivity index (χ0v) is 19.5. The van der Waals surface area contributed by atoms with Gasteiger partial charge in [0.15, 0.2) is 11.5 Å². The smallest absolute Gasteiger partial charge is 0.255 e. The van der Waals surface area contributed by atoms with Crippen LogP contribution in [0.4, 0.5) is 0 Å². The second-order valence-electron chi connectivity index (χ2n) is 8.03. The molecule has 0 unspecified atom stereocenters. The van der Waals surface area contributed by atoms with Gasteiger partial charge in [0.1, 0.15) is 0 Å². The fraction of sp³-hybridized carbons (Fsp3) is 0.259. The van der Waals surface area contributed by atoms with E-state index in [1.165, 1.54) is 7.11 Å². The van der Waals surface area contributed by atoms with Crippen LogP contribution in [0, 0.1) is 0 Å². The first-order chi connectivity index (χ1) is 16.5. The van der Waals surface area contributed by atoms with Crippen LogP contribution in [0.25, 0.3) is 0 Å². The van der Waals surface area contributed by atoms with Crippen LogP contribution in [0.3, 0.4) is 0 Å². The maximum Gasteiger partial charge on any atom is 0.255 e. The SMILES string of the molecule is COc1cc([C@H](CC(=O)NCc2ccccc2)N2Cc3ccccc3C2=O)cc(OC)c1OC. The second kappa shape index (κ2) is 10.3. The molecular formula is C27H28N2O5. The normalized spacial score (nSPS) is 13.3. The van der Waals surface area contributed by atoms with Crippen molar-refractivity contribution < 1.29 is 23.8 Å². The summed E-state index contributed by atoms with van der Waals surface area (Å²) in [5.74, 6) is 1.13. The Kier molecular flexibility index (Phi) is 7.01. The van der Waals surface area contributed by atoms with Gasteiger partial charge in [-0.25, -0.2) is 0 Å². The van der Waals surface area contributed by atoms with Crippen molar-refractivity contribution in [2.75, 3.05) is 21.3 Å². The fourth-order valence-electron chi connectivity index (χ4n) is 4.27. The highest BCUT2D eigenvalue weighted by Crippen LogP contribution is 2.42. The van der Waals surface area contributed by atoms with E-state index in [9.17, 15) is 9.59 Å². The van der Waals surface area contributed by atoms with E-state index in [-0.39, 0.29) is 18.2 Å². The van der Waals surface area contributed by atoms with Crippen LogP contribution in [0.2, 0.25) is 0 Å². The number of nitrogens with zero attached hydrogens (tertiary/aromatic N) is 1. The number of hydrogen-bond donors (Lipinski definition) is 1. The Bertz CT molecular complexity index is 1150. The average Bonchev–Trinajstić information content (AvgIpc) is 3.21. The van der Waals surface area contributed by atoms with E-state index in [4.69, 9.17) is 14.2 Å². The van der Waals surface area contributed by atoms with Gasteiger partial charge in [-0.05, 0) is 34.9 Å². The van der Waals surface area contributed by atoms with Gasteiger partial charge in [0, 0.05) is 18.7 Å². The number of amides is 2. The Hall–Kier alpha value is -4.00. The zero-order valence-electron chi connectivity index (χ0n) is 19.5. The summed E-state index contributed by atoms with van der Waals surface area (Å²) in [5, 5.41) is 2.97. The van der Waals surface area contributed by atoms with Crippen LogP contribution >= 0.6 is 0 Å². The lowest BCUT2D eigenvalue weighted by molar-refractivity contribution is -0.122. The van der Waals surface area contributed by atoms with Crippen LogP contribution in [-0.4, -0.2) is 38.0 Å². The molecule has 0 aromatic heterocycles. The first-order valence-electron chi connectivity index (χ1n) is 11.0. The molecule has 0 fully saturated rings. The Balaban J connectivity index is 1.66. The van der Waals surface area contributed by atoms with Crippen molar-refractivity contribution in [2.45, 2.75) is 25.6 Å². The molecular weight excluding hydrogens is 432 g/mol. The molecule has 1 heterocycles. The largest absolute Gasteiger partial charge is 0.493 e. The van der Waals surface area contributed by atoms with Crippen molar-refractivity contribution in [2.24, 2.45) is 0 Å². The molecule has 3 aromatic carbocycles. The van der Waals surface area contributed by atoms with E-state index in [1.807, 2.05) is 54.6 Å². The summed E-state index contributed by atoms with van der Waals surface area (Å²) in [7, 11) is 4.62. The van der Waals surface area contributed by atoms with Crippen molar-refractivity contribution >= 4 is 11.8 Å². The van der Waals surface area contributed by atoms with Crippen molar-refractivity contribution in [1.29, 1.82) is 0 Å². The highest BCUT2D eigenvalue weighted by Gasteiger charge is 2.35. The molecule has 0 bridgehead atoms. The predicted octanol–water partition coefficient (Wildman–Crippen LogP) is 4.12. The molecule has 2 amide bonds. The first-order valence-corrected chi connectivity index (χ1v) is 11.0. The van der Waals surface area contributed by atoms with E-state index in [1.54, 1.807) is 31.3 Å². The molecule has 0 saturated heterocycles. The molecule has 0 spiro atoms. The first kappa shape index (κ1) is 23.2. The van der Waals surface area contributed by atoms with Crippen molar-refractivity contribution in [1.82, 2.24) is 10.2 Å². The third-order valence-electron chi connectivity index (χ3n) is 6.01. The Morgan fingerprint density at radius 1 is 0.941 bits per heavy atom. The highest BCUT2D eigenvalue weighted by atomic mass is 16.5. The third-order valence-corrected chi connectivity index (χ3v) is 6.01. The van der Waals surface area contributed by atoms with Crippen molar-refractivity contribution in [3.63, 3.8) is 0 Å². The summed E-state index contributed by atoms with van der Waals surface area (Å²) >= 11 is 0. The number of rotatable bonds is 9. The van der Waals surface area contributed by atoms with Crippen molar-refractivity contribution in [3.8, 4) is 17.2 Å². The van der Waals surface area contributed by atoms with Gasteiger partial charge in [0.25, 0.3) is 5.91 Å². The summed E-state index contributed by atoms with van der Waals surface area (Å²) in [4.78, 5) is 28.1. The molecule has 176 valence electrons. The number of methoxy groups -OCH3 is 3. The zero-order chi connectivity index (χ0) is 24.1. The number of carbonyl (C=O) groups is 2. The van der Waals surface area contributed by atoms with Crippen LogP contribution in [-0.2, 0) is 17.9 Å². The number of fused-ring (bicyclic) bond motifs is 1. The molecule has 3 aromatic rings. The van der Waals surface area contributed by atoms with E-state index in [0.29, 0.717) is 35.9 Å². The Labute approximate surface area is 199 Å². The molecule has 1 N–H and O–H groups in total. The molecule has 7 heteroatoms. The monoisotopic (exact) mass is 460 g/mol. The molecule has 1 aliphatic rings. The van der Waals surface area contributed by atoms with Gasteiger partial charge < -0.3 is 24.4 Å². The fourth-order valence-corrected chi connectivity index (χ4v) is 4.27.